The molecular weight excluding hydrogens is 260 g/mol. The maximum atomic E-state index is 12.3. The molecule has 3 atom stereocenters. The van der Waals surface area contributed by atoms with Crippen LogP contribution in [-0.4, -0.2) is 47.9 Å². The van der Waals surface area contributed by atoms with Crippen LogP contribution in [0.1, 0.15) is 33.1 Å². The van der Waals surface area contributed by atoms with E-state index in [1.165, 1.54) is 4.90 Å². The number of nitrogens with zero attached hydrogens (tertiary/aromatic N) is 1. The number of hydrogen-bond acceptors (Lipinski definition) is 3. The standard InChI is InChI=1S/C14H24N2O4/c1-4-5-15-12(17)8-16(3)13(18)10-6-9(2)7-11(10)14(19)20/h9-11H,4-8H2,1-3H3,(H,15,17)(H,19,20)/t9?,10-,11+/m0/s1. The van der Waals surface area contributed by atoms with E-state index in [2.05, 4.69) is 5.32 Å². The fraction of sp³-hybridized carbons (Fsp3) is 0.786. The van der Waals surface area contributed by atoms with Crippen molar-refractivity contribution in [2.45, 2.75) is 33.1 Å². The molecule has 0 saturated heterocycles. The van der Waals surface area contributed by atoms with E-state index in [0.29, 0.717) is 19.4 Å². The lowest BCUT2D eigenvalue weighted by Crippen LogP contribution is -2.42. The first kappa shape index (κ1) is 16.5. The molecule has 6 nitrogen and oxygen atoms in total. The highest BCUT2D eigenvalue weighted by Gasteiger charge is 2.42. The molecule has 0 bridgehead atoms. The van der Waals surface area contributed by atoms with Crippen molar-refractivity contribution < 1.29 is 19.5 Å². The first-order valence-corrected chi connectivity index (χ1v) is 7.11. The van der Waals surface area contributed by atoms with Crippen LogP contribution >= 0.6 is 0 Å². The zero-order valence-electron chi connectivity index (χ0n) is 12.4. The lowest BCUT2D eigenvalue weighted by molar-refractivity contribution is -0.149. The Hall–Kier alpha value is -1.59. The van der Waals surface area contributed by atoms with Gasteiger partial charge in [0, 0.05) is 13.6 Å². The molecule has 0 spiro atoms. The zero-order chi connectivity index (χ0) is 15.3. The smallest absolute Gasteiger partial charge is 0.307 e. The van der Waals surface area contributed by atoms with Crippen LogP contribution in [-0.2, 0) is 14.4 Å². The monoisotopic (exact) mass is 284 g/mol. The number of carbonyl (C=O) groups excluding carboxylic acids is 2. The molecule has 1 aliphatic rings. The SMILES string of the molecule is CCCNC(=O)CN(C)C(=O)[C@H]1CC(C)C[C@H]1C(=O)O. The van der Waals surface area contributed by atoms with Gasteiger partial charge in [0.15, 0.2) is 0 Å². The van der Waals surface area contributed by atoms with Gasteiger partial charge >= 0.3 is 5.97 Å². The van der Waals surface area contributed by atoms with Crippen LogP contribution < -0.4 is 5.32 Å². The largest absolute Gasteiger partial charge is 0.481 e. The maximum Gasteiger partial charge on any atom is 0.307 e. The van der Waals surface area contributed by atoms with Crippen molar-refractivity contribution in [1.82, 2.24) is 10.2 Å². The lowest BCUT2D eigenvalue weighted by atomic mass is 9.95. The molecule has 1 unspecified atom stereocenters. The number of carbonyl (C=O) groups is 3. The topological polar surface area (TPSA) is 86.7 Å². The van der Waals surface area contributed by atoms with Gasteiger partial charge in [0.25, 0.3) is 0 Å². The normalized spacial score (nSPS) is 25.2. The van der Waals surface area contributed by atoms with Crippen LogP contribution in [0.15, 0.2) is 0 Å². The molecule has 0 aromatic heterocycles. The van der Waals surface area contributed by atoms with Crippen LogP contribution in [0.5, 0.6) is 0 Å². The van der Waals surface area contributed by atoms with Crippen molar-refractivity contribution in [2.24, 2.45) is 17.8 Å². The first-order valence-electron chi connectivity index (χ1n) is 7.11. The summed E-state index contributed by atoms with van der Waals surface area (Å²) in [6, 6.07) is 0. The van der Waals surface area contributed by atoms with Crippen LogP contribution in [0.25, 0.3) is 0 Å². The molecule has 1 aliphatic carbocycles. The molecule has 0 aliphatic heterocycles. The average molecular weight is 284 g/mol. The fourth-order valence-electron chi connectivity index (χ4n) is 2.73. The highest BCUT2D eigenvalue weighted by Crippen LogP contribution is 2.37. The van der Waals surface area contributed by atoms with E-state index in [1.807, 2.05) is 13.8 Å². The Morgan fingerprint density at radius 1 is 1.25 bits per heavy atom. The number of hydrogen-bond donors (Lipinski definition) is 2. The van der Waals surface area contributed by atoms with E-state index in [4.69, 9.17) is 0 Å². The number of carboxylic acids is 1. The van der Waals surface area contributed by atoms with Gasteiger partial charge in [-0.1, -0.05) is 13.8 Å². The number of rotatable bonds is 6. The highest BCUT2D eigenvalue weighted by atomic mass is 16.4. The van der Waals surface area contributed by atoms with E-state index in [-0.39, 0.29) is 24.3 Å². The van der Waals surface area contributed by atoms with Gasteiger partial charge in [0.1, 0.15) is 0 Å². The number of aliphatic carboxylic acids is 1. The summed E-state index contributed by atoms with van der Waals surface area (Å²) in [6.07, 6.45) is 1.95. The third-order valence-electron chi connectivity index (χ3n) is 3.76. The Morgan fingerprint density at radius 3 is 2.40 bits per heavy atom. The van der Waals surface area contributed by atoms with Crippen LogP contribution in [0.2, 0.25) is 0 Å². The van der Waals surface area contributed by atoms with Crippen LogP contribution in [0, 0.1) is 17.8 Å². The molecule has 2 amide bonds. The third-order valence-corrected chi connectivity index (χ3v) is 3.76. The van der Waals surface area contributed by atoms with Crippen LogP contribution in [0.3, 0.4) is 0 Å². The average Bonchev–Trinajstić information content (AvgIpc) is 2.77. The van der Waals surface area contributed by atoms with E-state index in [9.17, 15) is 19.5 Å². The van der Waals surface area contributed by atoms with Gasteiger partial charge < -0.3 is 15.3 Å². The van der Waals surface area contributed by atoms with Crippen molar-refractivity contribution in [3.63, 3.8) is 0 Å². The van der Waals surface area contributed by atoms with E-state index >= 15 is 0 Å². The molecular formula is C14H24N2O4. The number of nitrogens with one attached hydrogen (secondary N) is 1. The Morgan fingerprint density at radius 2 is 1.85 bits per heavy atom. The van der Waals surface area contributed by atoms with Gasteiger partial charge in [-0.25, -0.2) is 0 Å². The second kappa shape index (κ2) is 7.26. The van der Waals surface area contributed by atoms with Gasteiger partial charge in [-0.05, 0) is 25.2 Å². The highest BCUT2D eigenvalue weighted by molar-refractivity contribution is 5.88. The number of amides is 2. The molecule has 6 heteroatoms. The van der Waals surface area contributed by atoms with Gasteiger partial charge in [-0.3, -0.25) is 14.4 Å². The third kappa shape index (κ3) is 4.21. The molecule has 0 aromatic rings. The molecule has 0 radical (unpaired) electrons. The maximum absolute atomic E-state index is 12.3. The van der Waals surface area contributed by atoms with Crippen molar-refractivity contribution >= 4 is 17.8 Å². The van der Waals surface area contributed by atoms with E-state index < -0.39 is 17.8 Å². The zero-order valence-corrected chi connectivity index (χ0v) is 12.4. The minimum absolute atomic E-state index is 0.0178. The molecule has 20 heavy (non-hydrogen) atoms. The second-order valence-corrected chi connectivity index (χ2v) is 5.67. The van der Waals surface area contributed by atoms with E-state index in [0.717, 1.165) is 6.42 Å². The van der Waals surface area contributed by atoms with Crippen molar-refractivity contribution in [3.8, 4) is 0 Å². The summed E-state index contributed by atoms with van der Waals surface area (Å²) in [5, 5.41) is 11.9. The fourth-order valence-corrected chi connectivity index (χ4v) is 2.73. The van der Waals surface area contributed by atoms with Crippen molar-refractivity contribution in [1.29, 1.82) is 0 Å². The molecule has 1 fully saturated rings. The molecule has 1 saturated carbocycles. The Bertz CT molecular complexity index is 383. The summed E-state index contributed by atoms with van der Waals surface area (Å²) in [5.74, 6) is -2.27. The van der Waals surface area contributed by atoms with Gasteiger partial charge in [0.2, 0.25) is 11.8 Å². The van der Waals surface area contributed by atoms with Gasteiger partial charge in [0.05, 0.1) is 18.4 Å². The number of carboxylic acid groups (broad SMARTS) is 1. The molecule has 0 heterocycles. The summed E-state index contributed by atoms with van der Waals surface area (Å²) in [6.45, 7) is 4.47. The molecule has 114 valence electrons. The molecule has 2 N–H and O–H groups in total. The number of likely N-dealkylation sites (N-methyl/N-ethyl adjacent to an activating group) is 1. The van der Waals surface area contributed by atoms with E-state index in [1.54, 1.807) is 7.05 Å². The minimum atomic E-state index is -0.920. The lowest BCUT2D eigenvalue weighted by Gasteiger charge is -2.23. The summed E-state index contributed by atoms with van der Waals surface area (Å²) in [4.78, 5) is 36.4. The first-order chi connectivity index (χ1) is 9.36. The Balaban J connectivity index is 2.59. The second-order valence-electron chi connectivity index (χ2n) is 5.67. The summed E-state index contributed by atoms with van der Waals surface area (Å²) in [5.41, 5.74) is 0. The predicted molar refractivity (Wildman–Crippen MR) is 74.0 cm³/mol. The Labute approximate surface area is 119 Å². The quantitative estimate of drug-likeness (QED) is 0.752. The van der Waals surface area contributed by atoms with Crippen LogP contribution in [0.4, 0.5) is 0 Å². The Kier molecular flexibility index (Phi) is 5.98. The van der Waals surface area contributed by atoms with Crippen molar-refractivity contribution in [3.05, 3.63) is 0 Å². The summed E-state index contributed by atoms with van der Waals surface area (Å²) >= 11 is 0. The van der Waals surface area contributed by atoms with Gasteiger partial charge in [-0.15, -0.1) is 0 Å². The van der Waals surface area contributed by atoms with Crippen molar-refractivity contribution in [2.75, 3.05) is 20.1 Å². The molecule has 1 rings (SSSR count). The minimum Gasteiger partial charge on any atom is -0.481 e. The molecule has 0 aromatic carbocycles. The van der Waals surface area contributed by atoms with Gasteiger partial charge in [-0.2, -0.15) is 0 Å². The summed E-state index contributed by atoms with van der Waals surface area (Å²) in [7, 11) is 1.55. The summed E-state index contributed by atoms with van der Waals surface area (Å²) < 4.78 is 0. The predicted octanol–water partition coefficient (Wildman–Crippen LogP) is 0.718.